The number of imidazole rings is 1. The highest BCUT2D eigenvalue weighted by Crippen LogP contribution is 2.32. The predicted molar refractivity (Wildman–Crippen MR) is 94.6 cm³/mol. The van der Waals surface area contributed by atoms with Gasteiger partial charge < -0.3 is 9.30 Å². The molecule has 1 unspecified atom stereocenters. The van der Waals surface area contributed by atoms with Gasteiger partial charge in [-0.15, -0.1) is 0 Å². The van der Waals surface area contributed by atoms with Gasteiger partial charge in [0.1, 0.15) is 6.04 Å². The monoisotopic (exact) mass is 322 g/mol. The molecule has 2 heterocycles. The standard InChI is InChI=1S/C20H22N2O2/c1-14(2)16-10-7-11-17-19(15-8-5-4-6-9-15)21-13-22(17)18(12-16)20(23)24-3/h4-6,8-10,13,18H,1,7,11-12H2,2-3H3/b16-10+. The molecule has 0 bridgehead atoms. The fraction of sp³-hybridized carbons (Fsp3) is 0.300. The molecule has 0 saturated heterocycles. The molecule has 24 heavy (non-hydrogen) atoms. The Morgan fingerprint density at radius 3 is 2.75 bits per heavy atom. The van der Waals surface area contributed by atoms with E-state index < -0.39 is 6.04 Å². The van der Waals surface area contributed by atoms with Crippen LogP contribution in [-0.2, 0) is 16.0 Å². The van der Waals surface area contributed by atoms with Crippen molar-refractivity contribution in [2.24, 2.45) is 0 Å². The fourth-order valence-corrected chi connectivity index (χ4v) is 3.19. The van der Waals surface area contributed by atoms with Crippen LogP contribution in [0.15, 0.2) is 60.5 Å². The van der Waals surface area contributed by atoms with Crippen molar-refractivity contribution in [2.75, 3.05) is 7.11 Å². The van der Waals surface area contributed by atoms with Gasteiger partial charge in [-0.2, -0.15) is 0 Å². The lowest BCUT2D eigenvalue weighted by atomic mass is 9.95. The van der Waals surface area contributed by atoms with E-state index in [0.29, 0.717) is 6.42 Å². The van der Waals surface area contributed by atoms with Gasteiger partial charge in [-0.05, 0) is 25.3 Å². The van der Waals surface area contributed by atoms with Gasteiger partial charge in [-0.25, -0.2) is 9.78 Å². The Morgan fingerprint density at radius 1 is 1.33 bits per heavy atom. The number of benzene rings is 1. The molecule has 1 atom stereocenters. The average Bonchev–Trinajstić information content (AvgIpc) is 2.98. The normalized spacial score (nSPS) is 19.4. The highest BCUT2D eigenvalue weighted by Gasteiger charge is 2.28. The molecule has 2 aromatic rings. The van der Waals surface area contributed by atoms with Gasteiger partial charge in [0, 0.05) is 17.7 Å². The predicted octanol–water partition coefficient (Wildman–Crippen LogP) is 4.10. The molecular formula is C20H22N2O2. The van der Waals surface area contributed by atoms with E-state index in [1.807, 2.05) is 41.8 Å². The number of esters is 1. The van der Waals surface area contributed by atoms with Crippen LogP contribution < -0.4 is 0 Å². The number of methoxy groups -OCH3 is 1. The molecule has 0 saturated carbocycles. The van der Waals surface area contributed by atoms with E-state index in [1.165, 1.54) is 7.11 Å². The minimum absolute atomic E-state index is 0.248. The Hall–Kier alpha value is -2.62. The van der Waals surface area contributed by atoms with Gasteiger partial charge in [-0.1, -0.05) is 48.6 Å². The first kappa shape index (κ1) is 16.2. The highest BCUT2D eigenvalue weighted by molar-refractivity contribution is 5.75. The number of hydrogen-bond donors (Lipinski definition) is 0. The summed E-state index contributed by atoms with van der Waals surface area (Å²) in [6.07, 6.45) is 6.26. The van der Waals surface area contributed by atoms with E-state index in [4.69, 9.17) is 4.74 Å². The second-order valence-corrected chi connectivity index (χ2v) is 6.10. The van der Waals surface area contributed by atoms with Crippen molar-refractivity contribution >= 4 is 5.97 Å². The molecule has 4 heteroatoms. The number of carbonyl (C=O) groups is 1. The summed E-state index contributed by atoms with van der Waals surface area (Å²) >= 11 is 0. The summed E-state index contributed by atoms with van der Waals surface area (Å²) < 4.78 is 7.02. The first-order valence-electron chi connectivity index (χ1n) is 8.15. The maximum absolute atomic E-state index is 12.4. The fourth-order valence-electron chi connectivity index (χ4n) is 3.19. The molecule has 3 rings (SSSR count). The molecule has 124 valence electrons. The Balaban J connectivity index is 2.07. The third kappa shape index (κ3) is 3.04. The quantitative estimate of drug-likeness (QED) is 0.799. The Labute approximate surface area is 142 Å². The Bertz CT molecular complexity index is 787. The molecule has 1 aliphatic heterocycles. The van der Waals surface area contributed by atoms with Crippen LogP contribution in [0.4, 0.5) is 0 Å². The molecule has 1 aromatic heterocycles. The van der Waals surface area contributed by atoms with Crippen LogP contribution in [0, 0.1) is 0 Å². The van der Waals surface area contributed by atoms with Crippen LogP contribution in [0.3, 0.4) is 0 Å². The van der Waals surface area contributed by atoms with Crippen molar-refractivity contribution in [1.82, 2.24) is 9.55 Å². The van der Waals surface area contributed by atoms with E-state index >= 15 is 0 Å². The Morgan fingerprint density at radius 2 is 2.08 bits per heavy atom. The van der Waals surface area contributed by atoms with Crippen LogP contribution >= 0.6 is 0 Å². The minimum atomic E-state index is -0.404. The van der Waals surface area contributed by atoms with Crippen molar-refractivity contribution in [3.63, 3.8) is 0 Å². The average molecular weight is 322 g/mol. The minimum Gasteiger partial charge on any atom is -0.467 e. The number of hydrogen-bond acceptors (Lipinski definition) is 3. The number of fused-ring (bicyclic) bond motifs is 1. The summed E-state index contributed by atoms with van der Waals surface area (Å²) in [5.41, 5.74) is 5.20. The van der Waals surface area contributed by atoms with E-state index in [2.05, 4.69) is 17.6 Å². The number of carbonyl (C=O) groups excluding carboxylic acids is 1. The largest absolute Gasteiger partial charge is 0.467 e. The lowest BCUT2D eigenvalue weighted by molar-refractivity contribution is -0.144. The highest BCUT2D eigenvalue weighted by atomic mass is 16.5. The van der Waals surface area contributed by atoms with Gasteiger partial charge in [0.2, 0.25) is 0 Å². The van der Waals surface area contributed by atoms with Crippen LogP contribution in [-0.4, -0.2) is 22.6 Å². The maximum atomic E-state index is 12.4. The summed E-state index contributed by atoms with van der Waals surface area (Å²) in [5, 5.41) is 0. The second-order valence-electron chi connectivity index (χ2n) is 6.10. The smallest absolute Gasteiger partial charge is 0.329 e. The molecule has 0 N–H and O–H groups in total. The summed E-state index contributed by atoms with van der Waals surface area (Å²) in [4.78, 5) is 17.0. The number of allylic oxidation sites excluding steroid dienone is 3. The summed E-state index contributed by atoms with van der Waals surface area (Å²) in [5.74, 6) is -0.248. The third-order valence-electron chi connectivity index (χ3n) is 4.49. The molecule has 4 nitrogen and oxygen atoms in total. The zero-order valence-electron chi connectivity index (χ0n) is 14.2. The number of aromatic nitrogens is 2. The van der Waals surface area contributed by atoms with Gasteiger partial charge in [-0.3, -0.25) is 0 Å². The van der Waals surface area contributed by atoms with E-state index in [9.17, 15) is 4.79 Å². The lowest BCUT2D eigenvalue weighted by Gasteiger charge is -2.23. The summed E-state index contributed by atoms with van der Waals surface area (Å²) in [6, 6.07) is 9.68. The molecule has 1 aliphatic rings. The SMILES string of the molecule is C=C(C)/C1=C/CCc2c(-c3ccccc3)ncn2C(C(=O)OC)C1. The van der Waals surface area contributed by atoms with Crippen molar-refractivity contribution in [2.45, 2.75) is 32.2 Å². The molecule has 0 fully saturated rings. The Kier molecular flexibility index (Phi) is 4.65. The molecule has 0 aliphatic carbocycles. The van der Waals surface area contributed by atoms with Crippen molar-refractivity contribution < 1.29 is 9.53 Å². The first-order valence-corrected chi connectivity index (χ1v) is 8.15. The molecule has 0 spiro atoms. The molecule has 0 amide bonds. The lowest BCUT2D eigenvalue weighted by Crippen LogP contribution is -2.24. The van der Waals surface area contributed by atoms with Crippen LogP contribution in [0.5, 0.6) is 0 Å². The van der Waals surface area contributed by atoms with Crippen molar-refractivity contribution in [3.05, 3.63) is 66.2 Å². The second kappa shape index (κ2) is 6.87. The van der Waals surface area contributed by atoms with E-state index in [0.717, 1.165) is 40.9 Å². The number of nitrogens with zero attached hydrogens (tertiary/aromatic N) is 2. The van der Waals surface area contributed by atoms with Crippen LogP contribution in [0.1, 0.15) is 31.5 Å². The summed E-state index contributed by atoms with van der Waals surface area (Å²) in [7, 11) is 1.43. The maximum Gasteiger partial charge on any atom is 0.329 e. The molecule has 1 aromatic carbocycles. The molecule has 0 radical (unpaired) electrons. The first-order chi connectivity index (χ1) is 11.6. The summed E-state index contributed by atoms with van der Waals surface area (Å²) in [6.45, 7) is 6.01. The third-order valence-corrected chi connectivity index (χ3v) is 4.49. The van der Waals surface area contributed by atoms with Crippen LogP contribution in [0.25, 0.3) is 11.3 Å². The van der Waals surface area contributed by atoms with Gasteiger partial charge in [0.05, 0.1) is 19.1 Å². The number of ether oxygens (including phenoxy) is 1. The topological polar surface area (TPSA) is 44.1 Å². The van der Waals surface area contributed by atoms with Gasteiger partial charge in [0.25, 0.3) is 0 Å². The van der Waals surface area contributed by atoms with Gasteiger partial charge >= 0.3 is 5.97 Å². The van der Waals surface area contributed by atoms with Crippen LogP contribution in [0.2, 0.25) is 0 Å². The van der Waals surface area contributed by atoms with E-state index in [-0.39, 0.29) is 5.97 Å². The zero-order chi connectivity index (χ0) is 17.1. The van der Waals surface area contributed by atoms with Gasteiger partial charge in [0.15, 0.2) is 0 Å². The van der Waals surface area contributed by atoms with Crippen molar-refractivity contribution in [1.29, 1.82) is 0 Å². The zero-order valence-corrected chi connectivity index (χ0v) is 14.2. The van der Waals surface area contributed by atoms with Crippen molar-refractivity contribution in [3.8, 4) is 11.3 Å². The number of rotatable bonds is 3. The molecular weight excluding hydrogens is 300 g/mol. The van der Waals surface area contributed by atoms with E-state index in [1.54, 1.807) is 6.33 Å².